The first-order chi connectivity index (χ1) is 26.1. The van der Waals surface area contributed by atoms with Gasteiger partial charge in [0.2, 0.25) is 0 Å². The summed E-state index contributed by atoms with van der Waals surface area (Å²) in [7, 11) is -10.2. The van der Waals surface area contributed by atoms with E-state index in [9.17, 15) is 62.5 Å². The van der Waals surface area contributed by atoms with E-state index < -0.39 is 88.5 Å². The van der Waals surface area contributed by atoms with E-state index in [1.54, 1.807) is 0 Å². The van der Waals surface area contributed by atoms with Gasteiger partial charge >= 0.3 is 12.7 Å². The molecule has 0 saturated carbocycles. The second-order valence-electron chi connectivity index (χ2n) is 11.4. The van der Waals surface area contributed by atoms with E-state index in [4.69, 9.17) is 0 Å². The predicted octanol–water partition coefficient (Wildman–Crippen LogP) is 10.2. The molecule has 0 fully saturated rings. The number of hydrogen-bond acceptors (Lipinski definition) is 12. The van der Waals surface area contributed by atoms with Gasteiger partial charge in [0, 0.05) is 10.8 Å². The second kappa shape index (κ2) is 14.4. The lowest BCUT2D eigenvalue weighted by atomic mass is 10.0. The standard InChI is InChI=1S/C34H20F6N4O10S2/c35-33(36,37)53-25-13-17(9-11-23(25)41-43-29-27(55(47,48)49)15-19-5-1-3-7-21(19)31(29)45)18-10-12-24(26(14-18)54-34(38,39)40)42-44-30-28(56(50,51)52)16-20-6-2-4-8-22(20)32(30)46/h1-16,45-46H,(H,47,48,49)(H,50,51,52). The van der Waals surface area contributed by atoms with E-state index in [0.717, 1.165) is 36.4 Å². The van der Waals surface area contributed by atoms with Crippen LogP contribution in [-0.4, -0.2) is 48.9 Å². The van der Waals surface area contributed by atoms with Gasteiger partial charge in [0.25, 0.3) is 20.2 Å². The molecule has 0 saturated heterocycles. The Hall–Kier alpha value is -6.36. The molecular formula is C34H20F6N4O10S2. The molecule has 0 aliphatic rings. The number of phenols is 2. The Balaban J connectivity index is 1.44. The molecule has 0 amide bonds. The molecule has 56 heavy (non-hydrogen) atoms. The Bertz CT molecular complexity index is 2640. The maximum absolute atomic E-state index is 13.5. The third-order valence-corrected chi connectivity index (χ3v) is 9.43. The van der Waals surface area contributed by atoms with E-state index in [2.05, 4.69) is 29.9 Å². The number of aromatic hydroxyl groups is 2. The molecule has 0 radical (unpaired) electrons. The number of halogens is 6. The van der Waals surface area contributed by atoms with Crippen molar-refractivity contribution in [2.75, 3.05) is 0 Å². The van der Waals surface area contributed by atoms with Gasteiger partial charge in [-0.1, -0.05) is 60.7 Å². The minimum absolute atomic E-state index is 0.0451. The molecule has 0 spiro atoms. The highest BCUT2D eigenvalue weighted by atomic mass is 32.2. The summed E-state index contributed by atoms with van der Waals surface area (Å²) in [6.45, 7) is 0. The Morgan fingerprint density at radius 2 is 0.857 bits per heavy atom. The lowest BCUT2D eigenvalue weighted by Crippen LogP contribution is -2.17. The molecule has 0 heterocycles. The van der Waals surface area contributed by atoms with E-state index in [1.807, 2.05) is 0 Å². The smallest absolute Gasteiger partial charge is 0.505 e. The molecule has 0 aromatic heterocycles. The summed E-state index contributed by atoms with van der Waals surface area (Å²) in [6, 6.07) is 18.5. The van der Waals surface area contributed by atoms with Crippen molar-refractivity contribution in [3.05, 3.63) is 97.1 Å². The Labute approximate surface area is 310 Å². The average molecular weight is 823 g/mol. The summed E-state index contributed by atoms with van der Waals surface area (Å²) < 4.78 is 157. The molecule has 0 atom stereocenters. The van der Waals surface area contributed by atoms with Crippen LogP contribution in [-0.2, 0) is 20.2 Å². The van der Waals surface area contributed by atoms with Crippen LogP contribution in [0.3, 0.4) is 0 Å². The summed E-state index contributed by atoms with van der Waals surface area (Å²) in [6.07, 6.45) is -10.8. The van der Waals surface area contributed by atoms with Gasteiger partial charge in [0.15, 0.2) is 23.0 Å². The highest BCUT2D eigenvalue weighted by Crippen LogP contribution is 2.46. The van der Waals surface area contributed by atoms with Gasteiger partial charge in [-0.3, -0.25) is 9.11 Å². The van der Waals surface area contributed by atoms with Crippen molar-refractivity contribution in [2.24, 2.45) is 20.5 Å². The van der Waals surface area contributed by atoms with Gasteiger partial charge in [-0.2, -0.15) is 16.8 Å². The Morgan fingerprint density at radius 3 is 1.20 bits per heavy atom. The fourth-order valence-electron chi connectivity index (χ4n) is 5.34. The zero-order valence-corrected chi connectivity index (χ0v) is 29.0. The molecule has 0 bridgehead atoms. The van der Waals surface area contributed by atoms with Crippen LogP contribution in [0, 0.1) is 0 Å². The van der Waals surface area contributed by atoms with Crippen molar-refractivity contribution in [1.29, 1.82) is 0 Å². The van der Waals surface area contributed by atoms with Crippen LogP contribution in [0.4, 0.5) is 49.1 Å². The molecule has 6 rings (SSSR count). The number of nitrogens with zero attached hydrogens (tertiary/aromatic N) is 4. The van der Waals surface area contributed by atoms with Gasteiger partial charge in [0.05, 0.1) is 0 Å². The van der Waals surface area contributed by atoms with E-state index in [1.165, 1.54) is 48.5 Å². The largest absolute Gasteiger partial charge is 0.573 e. The van der Waals surface area contributed by atoms with E-state index in [0.29, 0.717) is 12.1 Å². The van der Waals surface area contributed by atoms with Crippen LogP contribution in [0.15, 0.2) is 127 Å². The van der Waals surface area contributed by atoms with Gasteiger partial charge < -0.3 is 19.7 Å². The maximum Gasteiger partial charge on any atom is 0.573 e. The number of benzene rings is 6. The van der Waals surface area contributed by atoms with Crippen molar-refractivity contribution in [3.63, 3.8) is 0 Å². The number of hydrogen-bond donors (Lipinski definition) is 4. The third kappa shape index (κ3) is 8.62. The molecule has 4 N–H and O–H groups in total. The highest BCUT2D eigenvalue weighted by molar-refractivity contribution is 7.86. The highest BCUT2D eigenvalue weighted by Gasteiger charge is 2.34. The molecule has 14 nitrogen and oxygen atoms in total. The average Bonchev–Trinajstić information content (AvgIpc) is 3.09. The molecule has 6 aromatic carbocycles. The third-order valence-electron chi connectivity index (χ3n) is 7.70. The lowest BCUT2D eigenvalue weighted by Gasteiger charge is -2.15. The Kier molecular flexibility index (Phi) is 10.1. The van der Waals surface area contributed by atoms with Crippen molar-refractivity contribution >= 4 is 64.5 Å². The number of fused-ring (bicyclic) bond motifs is 2. The number of azo groups is 2. The minimum atomic E-state index is -5.38. The van der Waals surface area contributed by atoms with Gasteiger partial charge in [0.1, 0.15) is 32.5 Å². The fourth-order valence-corrected chi connectivity index (χ4v) is 6.66. The zero-order chi connectivity index (χ0) is 40.8. The van der Waals surface area contributed by atoms with Crippen LogP contribution in [0.2, 0.25) is 0 Å². The predicted molar refractivity (Wildman–Crippen MR) is 184 cm³/mol. The van der Waals surface area contributed by atoms with E-state index >= 15 is 0 Å². The minimum Gasteiger partial charge on any atom is -0.505 e. The van der Waals surface area contributed by atoms with Crippen LogP contribution < -0.4 is 9.47 Å². The number of rotatable bonds is 9. The normalized spacial score (nSPS) is 12.9. The van der Waals surface area contributed by atoms with Crippen molar-refractivity contribution in [2.45, 2.75) is 22.5 Å². The molecule has 6 aromatic rings. The summed E-state index contributed by atoms with van der Waals surface area (Å²) in [5.74, 6) is -3.79. The van der Waals surface area contributed by atoms with Crippen molar-refractivity contribution in [1.82, 2.24) is 0 Å². The summed E-state index contributed by atoms with van der Waals surface area (Å²) >= 11 is 0. The van der Waals surface area contributed by atoms with Crippen LogP contribution in [0.25, 0.3) is 32.7 Å². The molecule has 0 aliphatic carbocycles. The SMILES string of the molecule is O=S(=O)(O)c1cc2ccccc2c(O)c1N=Nc1ccc(-c2ccc(N=Nc3c(S(=O)(=O)O)cc4ccccc4c3O)c(OC(F)(F)F)c2)cc1OC(F)(F)F. The molecule has 290 valence electrons. The number of ether oxygens (including phenoxy) is 2. The van der Waals surface area contributed by atoms with Crippen LogP contribution >= 0.6 is 0 Å². The number of phenolic OH excluding ortho intramolecular Hbond substituents is 2. The summed E-state index contributed by atoms with van der Waals surface area (Å²) in [4.78, 5) is -1.88. The van der Waals surface area contributed by atoms with Gasteiger partial charge in [-0.15, -0.1) is 46.8 Å². The van der Waals surface area contributed by atoms with Gasteiger partial charge in [-0.25, -0.2) is 0 Å². The van der Waals surface area contributed by atoms with E-state index in [-0.39, 0.29) is 32.7 Å². The Morgan fingerprint density at radius 1 is 0.500 bits per heavy atom. The first-order valence-electron chi connectivity index (χ1n) is 15.2. The summed E-state index contributed by atoms with van der Waals surface area (Å²) in [5, 5.41) is 36.3. The van der Waals surface area contributed by atoms with Gasteiger partial charge in [-0.05, 0) is 58.3 Å². The quantitative estimate of drug-likeness (QED) is 0.0614. The van der Waals surface area contributed by atoms with Crippen molar-refractivity contribution in [3.8, 4) is 34.1 Å². The number of alkyl halides is 6. The molecule has 0 unspecified atom stereocenters. The van der Waals surface area contributed by atoms with Crippen molar-refractivity contribution < 1.29 is 72.0 Å². The molecule has 22 heteroatoms. The van der Waals surface area contributed by atoms with Crippen LogP contribution in [0.1, 0.15) is 0 Å². The second-order valence-corrected chi connectivity index (χ2v) is 14.2. The fraction of sp³-hybridized carbons (Fsp3) is 0.0588. The lowest BCUT2D eigenvalue weighted by molar-refractivity contribution is -0.275. The van der Waals surface area contributed by atoms with Crippen LogP contribution in [0.5, 0.6) is 23.0 Å². The molecular weight excluding hydrogens is 803 g/mol. The maximum atomic E-state index is 13.5. The first-order valence-corrected chi connectivity index (χ1v) is 18.0. The first kappa shape index (κ1) is 39.3. The molecule has 0 aliphatic heterocycles. The zero-order valence-electron chi connectivity index (χ0n) is 27.3. The monoisotopic (exact) mass is 822 g/mol. The topological polar surface area (TPSA) is 217 Å². The summed E-state index contributed by atoms with van der Waals surface area (Å²) in [5.41, 5.74) is -3.61.